The first-order chi connectivity index (χ1) is 6.68. The number of anilines is 1. The number of aromatic nitrogens is 1. The number of pyridine rings is 1. The van der Waals surface area contributed by atoms with E-state index >= 15 is 0 Å². The zero-order chi connectivity index (χ0) is 10.1. The van der Waals surface area contributed by atoms with Crippen LogP contribution in [-0.4, -0.2) is 22.7 Å². The van der Waals surface area contributed by atoms with E-state index < -0.39 is 0 Å². The van der Waals surface area contributed by atoms with Gasteiger partial charge in [0.15, 0.2) is 0 Å². The molecular formula is C9H9BrN2OS. The zero-order valence-electron chi connectivity index (χ0n) is 7.35. The van der Waals surface area contributed by atoms with Gasteiger partial charge in [-0.2, -0.15) is 12.6 Å². The van der Waals surface area contributed by atoms with Crippen molar-refractivity contribution >= 4 is 40.2 Å². The molecule has 1 saturated heterocycles. The Kier molecular flexibility index (Phi) is 2.78. The largest absolute Gasteiger partial charge is 0.309 e. The normalized spacial score (nSPS) is 21.7. The van der Waals surface area contributed by atoms with Crippen LogP contribution in [0.5, 0.6) is 0 Å². The van der Waals surface area contributed by atoms with Gasteiger partial charge in [-0.1, -0.05) is 0 Å². The maximum atomic E-state index is 11.6. The summed E-state index contributed by atoms with van der Waals surface area (Å²) < 4.78 is 0.892. The molecule has 1 fully saturated rings. The molecule has 74 valence electrons. The average molecular weight is 273 g/mol. The Morgan fingerprint density at radius 3 is 3.00 bits per heavy atom. The molecule has 1 aliphatic rings. The lowest BCUT2D eigenvalue weighted by molar-refractivity contribution is -0.117. The van der Waals surface area contributed by atoms with Gasteiger partial charge in [0.05, 0.1) is 11.9 Å². The van der Waals surface area contributed by atoms with Gasteiger partial charge >= 0.3 is 0 Å². The summed E-state index contributed by atoms with van der Waals surface area (Å²) >= 11 is 7.69. The lowest BCUT2D eigenvalue weighted by atomic mass is 10.4. The molecule has 5 heteroatoms. The molecule has 0 aromatic carbocycles. The molecule has 1 unspecified atom stereocenters. The van der Waals surface area contributed by atoms with Gasteiger partial charge in [0.2, 0.25) is 5.91 Å². The molecule has 0 aliphatic carbocycles. The van der Waals surface area contributed by atoms with Crippen molar-refractivity contribution < 1.29 is 4.79 Å². The highest BCUT2D eigenvalue weighted by Gasteiger charge is 2.29. The minimum atomic E-state index is 0.110. The monoisotopic (exact) mass is 272 g/mol. The highest BCUT2D eigenvalue weighted by molar-refractivity contribution is 9.10. The highest BCUT2D eigenvalue weighted by Crippen LogP contribution is 2.29. The fourth-order valence-electron chi connectivity index (χ4n) is 1.49. The Morgan fingerprint density at radius 2 is 2.43 bits per heavy atom. The van der Waals surface area contributed by atoms with Crippen LogP contribution in [0.4, 0.5) is 5.69 Å². The van der Waals surface area contributed by atoms with Gasteiger partial charge in [-0.25, -0.2) is 0 Å². The Balaban J connectivity index is 2.32. The second-order valence-corrected chi connectivity index (χ2v) is 4.77. The first-order valence-corrected chi connectivity index (χ1v) is 5.57. The third-order valence-electron chi connectivity index (χ3n) is 2.14. The summed E-state index contributed by atoms with van der Waals surface area (Å²) in [6.07, 6.45) is 3.88. The Morgan fingerprint density at radius 1 is 1.64 bits per heavy atom. The van der Waals surface area contributed by atoms with Crippen LogP contribution < -0.4 is 4.90 Å². The maximum Gasteiger partial charge on any atom is 0.228 e. The van der Waals surface area contributed by atoms with Crippen LogP contribution in [0.3, 0.4) is 0 Å². The number of nitrogens with zero attached hydrogens (tertiary/aromatic N) is 2. The summed E-state index contributed by atoms with van der Waals surface area (Å²) in [5.41, 5.74) is 0.828. The Hall–Kier alpha value is -0.550. The summed E-state index contributed by atoms with van der Waals surface area (Å²) in [6, 6.07) is 1.83. The fourth-order valence-corrected chi connectivity index (χ4v) is 2.24. The highest BCUT2D eigenvalue weighted by atomic mass is 79.9. The van der Waals surface area contributed by atoms with E-state index in [0.717, 1.165) is 10.2 Å². The third kappa shape index (κ3) is 1.79. The zero-order valence-corrected chi connectivity index (χ0v) is 9.83. The van der Waals surface area contributed by atoms with E-state index in [9.17, 15) is 4.79 Å². The molecule has 1 aromatic heterocycles. The first-order valence-electron chi connectivity index (χ1n) is 4.26. The summed E-state index contributed by atoms with van der Waals surface area (Å²) in [5.74, 6) is 0.110. The number of carbonyl (C=O) groups excluding carboxylic acids is 1. The van der Waals surface area contributed by atoms with Crippen LogP contribution in [0.2, 0.25) is 0 Å². The van der Waals surface area contributed by atoms with E-state index in [1.807, 2.05) is 6.07 Å². The lowest BCUT2D eigenvalue weighted by Gasteiger charge is -2.16. The number of rotatable bonds is 1. The minimum Gasteiger partial charge on any atom is -0.309 e. The second kappa shape index (κ2) is 3.90. The minimum absolute atomic E-state index is 0.110. The molecule has 1 aliphatic heterocycles. The molecule has 0 bridgehead atoms. The molecule has 0 radical (unpaired) electrons. The quantitative estimate of drug-likeness (QED) is 0.792. The summed E-state index contributed by atoms with van der Waals surface area (Å²) in [5, 5.41) is 0.134. The molecule has 2 rings (SSSR count). The number of hydrogen-bond donors (Lipinski definition) is 1. The Bertz CT molecular complexity index is 372. The van der Waals surface area contributed by atoms with E-state index in [0.29, 0.717) is 13.0 Å². The van der Waals surface area contributed by atoms with Crippen LogP contribution in [-0.2, 0) is 4.79 Å². The molecule has 1 amide bonds. The van der Waals surface area contributed by atoms with Crippen molar-refractivity contribution in [2.24, 2.45) is 0 Å². The van der Waals surface area contributed by atoms with Crippen LogP contribution in [0.25, 0.3) is 0 Å². The first kappa shape index (κ1) is 9.98. The van der Waals surface area contributed by atoms with Gasteiger partial charge in [0.1, 0.15) is 0 Å². The smallest absolute Gasteiger partial charge is 0.228 e. The Labute approximate surface area is 96.0 Å². The van der Waals surface area contributed by atoms with Gasteiger partial charge in [0.25, 0.3) is 0 Å². The molecule has 0 N–H and O–H groups in total. The predicted molar refractivity (Wildman–Crippen MR) is 61.7 cm³/mol. The van der Waals surface area contributed by atoms with Gasteiger partial charge < -0.3 is 4.90 Å². The van der Waals surface area contributed by atoms with Crippen molar-refractivity contribution in [3.8, 4) is 0 Å². The van der Waals surface area contributed by atoms with Gasteiger partial charge in [-0.3, -0.25) is 9.78 Å². The molecular weight excluding hydrogens is 264 g/mol. The van der Waals surface area contributed by atoms with E-state index in [1.165, 1.54) is 0 Å². The number of carbonyl (C=O) groups is 1. The SMILES string of the molecule is O=C1CC(S)CN1c1cnccc1Br. The van der Waals surface area contributed by atoms with Gasteiger partial charge in [0, 0.05) is 28.9 Å². The van der Waals surface area contributed by atoms with Crippen molar-refractivity contribution in [3.63, 3.8) is 0 Å². The van der Waals surface area contributed by atoms with Crippen LogP contribution in [0.1, 0.15) is 6.42 Å². The van der Waals surface area contributed by atoms with Gasteiger partial charge in [-0.05, 0) is 22.0 Å². The summed E-state index contributed by atoms with van der Waals surface area (Å²) in [4.78, 5) is 17.3. The number of hydrogen-bond acceptors (Lipinski definition) is 3. The molecule has 0 spiro atoms. The molecule has 1 aromatic rings. The molecule has 1 atom stereocenters. The predicted octanol–water partition coefficient (Wildman–Crippen LogP) is 1.88. The standard InChI is InChI=1S/C9H9BrN2OS/c10-7-1-2-11-4-8(7)12-5-6(14)3-9(12)13/h1-2,4,6,14H,3,5H2. The molecule has 0 saturated carbocycles. The summed E-state index contributed by atoms with van der Waals surface area (Å²) in [6.45, 7) is 0.659. The number of thiol groups is 1. The van der Waals surface area contributed by atoms with Crippen molar-refractivity contribution in [3.05, 3.63) is 22.9 Å². The van der Waals surface area contributed by atoms with E-state index in [2.05, 4.69) is 33.5 Å². The van der Waals surface area contributed by atoms with Gasteiger partial charge in [-0.15, -0.1) is 0 Å². The van der Waals surface area contributed by atoms with Crippen molar-refractivity contribution in [2.45, 2.75) is 11.7 Å². The van der Waals surface area contributed by atoms with Crippen LogP contribution in [0.15, 0.2) is 22.9 Å². The van der Waals surface area contributed by atoms with Crippen LogP contribution >= 0.6 is 28.6 Å². The molecule has 3 nitrogen and oxygen atoms in total. The lowest BCUT2D eigenvalue weighted by Crippen LogP contribution is -2.25. The second-order valence-electron chi connectivity index (χ2n) is 3.19. The van der Waals surface area contributed by atoms with E-state index in [4.69, 9.17) is 0 Å². The van der Waals surface area contributed by atoms with Crippen molar-refractivity contribution in [1.29, 1.82) is 0 Å². The van der Waals surface area contributed by atoms with Crippen LogP contribution in [0, 0.1) is 0 Å². The number of amides is 1. The van der Waals surface area contributed by atoms with E-state index in [-0.39, 0.29) is 11.2 Å². The number of halogens is 1. The summed E-state index contributed by atoms with van der Waals surface area (Å²) in [7, 11) is 0. The van der Waals surface area contributed by atoms with Crippen molar-refractivity contribution in [2.75, 3.05) is 11.4 Å². The maximum absolute atomic E-state index is 11.6. The third-order valence-corrected chi connectivity index (χ3v) is 3.16. The average Bonchev–Trinajstić information content (AvgIpc) is 2.46. The fraction of sp³-hybridized carbons (Fsp3) is 0.333. The topological polar surface area (TPSA) is 33.2 Å². The van der Waals surface area contributed by atoms with E-state index in [1.54, 1.807) is 17.3 Å². The molecule has 2 heterocycles. The molecule has 14 heavy (non-hydrogen) atoms. The van der Waals surface area contributed by atoms with Crippen molar-refractivity contribution in [1.82, 2.24) is 4.98 Å².